The van der Waals surface area contributed by atoms with Gasteiger partial charge in [-0.05, 0) is 50.9 Å². The first-order chi connectivity index (χ1) is 10.6. The first-order valence-corrected chi connectivity index (χ1v) is 7.31. The minimum atomic E-state index is -0.815. The highest BCUT2D eigenvalue weighted by atomic mass is 19.1. The molecule has 1 aromatic rings. The van der Waals surface area contributed by atoms with Crippen molar-refractivity contribution < 1.29 is 27.9 Å². The van der Waals surface area contributed by atoms with E-state index in [9.17, 15) is 13.9 Å². The number of hydrogen-bond acceptors (Lipinski definition) is 4. The molecule has 0 atom stereocenters. The van der Waals surface area contributed by atoms with E-state index in [2.05, 4.69) is 4.74 Å². The summed E-state index contributed by atoms with van der Waals surface area (Å²) >= 11 is 0. The van der Waals surface area contributed by atoms with Gasteiger partial charge in [-0.1, -0.05) is 6.08 Å². The molecule has 0 bridgehead atoms. The SMILES string of the molecule is COc1c(F)cc(C=C(CO)B2OC(C)(C)C(C)(C)O2)cc1F. The van der Waals surface area contributed by atoms with Crippen molar-refractivity contribution in [3.8, 4) is 5.75 Å². The smallest absolute Gasteiger partial charge is 0.491 e. The molecule has 1 aliphatic rings. The van der Waals surface area contributed by atoms with Crippen LogP contribution < -0.4 is 4.74 Å². The summed E-state index contributed by atoms with van der Waals surface area (Å²) in [6, 6.07) is 2.26. The van der Waals surface area contributed by atoms with Gasteiger partial charge in [0.25, 0.3) is 0 Å². The van der Waals surface area contributed by atoms with Crippen LogP contribution in [0.5, 0.6) is 5.75 Å². The quantitative estimate of drug-likeness (QED) is 0.864. The summed E-state index contributed by atoms with van der Waals surface area (Å²) in [4.78, 5) is 0. The Morgan fingerprint density at radius 1 is 1.17 bits per heavy atom. The highest BCUT2D eigenvalue weighted by Gasteiger charge is 2.52. The third kappa shape index (κ3) is 3.41. The van der Waals surface area contributed by atoms with Crippen LogP contribution in [0.25, 0.3) is 6.08 Å². The number of halogens is 2. The molecular formula is C16H21BF2O4. The largest absolute Gasteiger partial charge is 0.492 e. The van der Waals surface area contributed by atoms with Gasteiger partial charge in [-0.25, -0.2) is 8.78 Å². The van der Waals surface area contributed by atoms with E-state index in [1.54, 1.807) is 0 Å². The zero-order chi connectivity index (χ0) is 17.4. The van der Waals surface area contributed by atoms with E-state index < -0.39 is 35.7 Å². The molecule has 1 aromatic carbocycles. The van der Waals surface area contributed by atoms with E-state index in [-0.39, 0.29) is 12.2 Å². The Morgan fingerprint density at radius 3 is 2.04 bits per heavy atom. The summed E-state index contributed by atoms with van der Waals surface area (Å²) < 4.78 is 43.9. The van der Waals surface area contributed by atoms with Gasteiger partial charge in [0.15, 0.2) is 17.4 Å². The maximum Gasteiger partial charge on any atom is 0.492 e. The highest BCUT2D eigenvalue weighted by Crippen LogP contribution is 2.38. The van der Waals surface area contributed by atoms with Crippen LogP contribution in [0.3, 0.4) is 0 Å². The lowest BCUT2D eigenvalue weighted by Gasteiger charge is -2.32. The fourth-order valence-electron chi connectivity index (χ4n) is 2.25. The Balaban J connectivity index is 2.34. The fraction of sp³-hybridized carbons (Fsp3) is 0.500. The van der Waals surface area contributed by atoms with Crippen molar-refractivity contribution in [2.45, 2.75) is 38.9 Å². The van der Waals surface area contributed by atoms with Gasteiger partial charge < -0.3 is 19.2 Å². The van der Waals surface area contributed by atoms with Gasteiger partial charge in [0.2, 0.25) is 0 Å². The molecule has 1 fully saturated rings. The maximum absolute atomic E-state index is 13.8. The minimum absolute atomic E-state index is 0.250. The molecule has 4 nitrogen and oxygen atoms in total. The predicted molar refractivity (Wildman–Crippen MR) is 84.1 cm³/mol. The molecule has 1 N–H and O–H groups in total. The van der Waals surface area contributed by atoms with Crippen LogP contribution in [-0.2, 0) is 9.31 Å². The molecule has 1 saturated heterocycles. The maximum atomic E-state index is 13.8. The first-order valence-electron chi connectivity index (χ1n) is 7.31. The monoisotopic (exact) mass is 326 g/mol. The van der Waals surface area contributed by atoms with Crippen LogP contribution in [0.4, 0.5) is 8.78 Å². The van der Waals surface area contributed by atoms with Gasteiger partial charge in [-0.2, -0.15) is 0 Å². The van der Waals surface area contributed by atoms with E-state index in [0.717, 1.165) is 12.1 Å². The number of rotatable bonds is 4. The van der Waals surface area contributed by atoms with Gasteiger partial charge in [0, 0.05) is 0 Å². The second kappa shape index (κ2) is 6.22. The molecule has 1 heterocycles. The van der Waals surface area contributed by atoms with Crippen LogP contribution >= 0.6 is 0 Å². The second-order valence-electron chi connectivity index (χ2n) is 6.48. The van der Waals surface area contributed by atoms with Crippen molar-refractivity contribution in [2.24, 2.45) is 0 Å². The Hall–Kier alpha value is -1.44. The van der Waals surface area contributed by atoms with Crippen LogP contribution in [0.1, 0.15) is 33.3 Å². The predicted octanol–water partition coefficient (Wildman–Crippen LogP) is 2.98. The Bertz CT molecular complexity index is 590. The van der Waals surface area contributed by atoms with E-state index >= 15 is 0 Å². The first kappa shape index (κ1) is 17.9. The summed E-state index contributed by atoms with van der Waals surface area (Å²) in [5.41, 5.74) is -0.503. The lowest BCUT2D eigenvalue weighted by molar-refractivity contribution is 0.00578. The molecule has 23 heavy (non-hydrogen) atoms. The highest BCUT2D eigenvalue weighted by molar-refractivity contribution is 6.55. The van der Waals surface area contributed by atoms with Crippen molar-refractivity contribution in [2.75, 3.05) is 13.7 Å². The van der Waals surface area contributed by atoms with Crippen molar-refractivity contribution in [1.82, 2.24) is 0 Å². The summed E-state index contributed by atoms with van der Waals surface area (Å²) in [6.45, 7) is 7.18. The molecule has 1 aliphatic heterocycles. The normalized spacial score (nSPS) is 20.0. The molecule has 0 aromatic heterocycles. The van der Waals surface area contributed by atoms with Crippen molar-refractivity contribution in [3.05, 3.63) is 34.8 Å². The molecule has 0 aliphatic carbocycles. The average Bonchev–Trinajstić information content (AvgIpc) is 2.64. The van der Waals surface area contributed by atoms with Crippen LogP contribution in [0, 0.1) is 11.6 Å². The zero-order valence-corrected chi connectivity index (χ0v) is 13.9. The van der Waals surface area contributed by atoms with E-state index in [1.165, 1.54) is 13.2 Å². The minimum Gasteiger partial charge on any atom is -0.491 e. The van der Waals surface area contributed by atoms with Gasteiger partial charge in [0.05, 0.1) is 24.9 Å². The number of aliphatic hydroxyl groups excluding tert-OH is 1. The van der Waals surface area contributed by atoms with Crippen molar-refractivity contribution in [1.29, 1.82) is 0 Å². The molecule has 0 spiro atoms. The number of benzene rings is 1. The molecule has 0 saturated carbocycles. The summed E-state index contributed by atoms with van der Waals surface area (Å²) in [7, 11) is 0.416. The number of hydrogen-bond donors (Lipinski definition) is 1. The van der Waals surface area contributed by atoms with E-state index in [4.69, 9.17) is 9.31 Å². The molecule has 0 unspecified atom stereocenters. The number of methoxy groups -OCH3 is 1. The Kier molecular flexibility index (Phi) is 4.85. The summed E-state index contributed by atoms with van der Waals surface area (Å²) in [5.74, 6) is -2.07. The number of ether oxygens (including phenoxy) is 1. The second-order valence-corrected chi connectivity index (χ2v) is 6.48. The molecular weight excluding hydrogens is 305 g/mol. The third-order valence-corrected chi connectivity index (χ3v) is 4.32. The van der Waals surface area contributed by atoms with E-state index in [0.29, 0.717) is 5.47 Å². The molecule has 7 heteroatoms. The lowest BCUT2D eigenvalue weighted by Crippen LogP contribution is -2.41. The van der Waals surface area contributed by atoms with Gasteiger partial charge in [0.1, 0.15) is 0 Å². The summed E-state index contributed by atoms with van der Waals surface area (Å²) in [6.07, 6.45) is 1.45. The number of aliphatic hydroxyl groups is 1. The van der Waals surface area contributed by atoms with E-state index in [1.807, 2.05) is 27.7 Å². The van der Waals surface area contributed by atoms with Crippen molar-refractivity contribution >= 4 is 13.2 Å². The average molecular weight is 326 g/mol. The Morgan fingerprint density at radius 2 is 1.65 bits per heavy atom. The molecule has 126 valence electrons. The fourth-order valence-corrected chi connectivity index (χ4v) is 2.25. The molecule has 0 amide bonds. The third-order valence-electron chi connectivity index (χ3n) is 4.32. The van der Waals surface area contributed by atoms with Crippen LogP contribution in [-0.4, -0.2) is 37.1 Å². The van der Waals surface area contributed by atoms with Gasteiger partial charge >= 0.3 is 7.12 Å². The van der Waals surface area contributed by atoms with Crippen molar-refractivity contribution in [3.63, 3.8) is 0 Å². The molecule has 0 radical (unpaired) electrons. The summed E-state index contributed by atoms with van der Waals surface area (Å²) in [5, 5.41) is 9.59. The van der Waals surface area contributed by atoms with Gasteiger partial charge in [-0.3, -0.25) is 0 Å². The topological polar surface area (TPSA) is 47.9 Å². The Labute approximate surface area is 135 Å². The van der Waals surface area contributed by atoms with Gasteiger partial charge in [-0.15, -0.1) is 0 Å². The lowest BCUT2D eigenvalue weighted by atomic mass is 9.77. The van der Waals surface area contributed by atoms with Crippen LogP contribution in [0.15, 0.2) is 17.6 Å². The standard InChI is InChI=1S/C16H21BF2O4/c1-15(2)16(3,4)23-17(22-15)11(9-20)6-10-7-12(18)14(21-5)13(19)8-10/h6-8,20H,9H2,1-5H3. The van der Waals surface area contributed by atoms with Crippen LogP contribution in [0.2, 0.25) is 0 Å². The zero-order valence-electron chi connectivity index (χ0n) is 13.9. The molecule has 2 rings (SSSR count).